The third-order valence-corrected chi connectivity index (χ3v) is 16.6. The van der Waals surface area contributed by atoms with Crippen molar-refractivity contribution in [2.24, 2.45) is 35.5 Å². The Morgan fingerprint density at radius 2 is 1.67 bits per heavy atom. The van der Waals surface area contributed by atoms with Gasteiger partial charge in [0.1, 0.15) is 5.75 Å². The molecule has 0 radical (unpaired) electrons. The van der Waals surface area contributed by atoms with E-state index in [2.05, 4.69) is 46.0 Å². The van der Waals surface area contributed by atoms with E-state index in [1.165, 1.54) is 0 Å². The van der Waals surface area contributed by atoms with Gasteiger partial charge in [0, 0.05) is 12.7 Å². The molecule has 0 amide bonds. The lowest BCUT2D eigenvalue weighted by Crippen LogP contribution is -2.45. The van der Waals surface area contributed by atoms with E-state index >= 15 is 0 Å². The highest BCUT2D eigenvalue weighted by molar-refractivity contribution is 6.74. The van der Waals surface area contributed by atoms with E-state index in [1.807, 2.05) is 38.1 Å². The number of ether oxygens (including phenoxy) is 2. The number of aliphatic hydroxyl groups is 3. The maximum Gasteiger partial charge on any atom is 0.192 e. The van der Waals surface area contributed by atoms with Gasteiger partial charge in [0.05, 0.1) is 31.5 Å². The normalized spacial score (nSPS) is 30.9. The fourth-order valence-electron chi connectivity index (χ4n) is 8.30. The van der Waals surface area contributed by atoms with Gasteiger partial charge in [-0.05, 0) is 123 Å². The van der Waals surface area contributed by atoms with Crippen LogP contribution in [-0.2, 0) is 15.8 Å². The molecular formula is C38H64O6Si. The third-order valence-electron chi connectivity index (χ3n) is 12.1. The van der Waals surface area contributed by atoms with Crippen molar-refractivity contribution in [1.82, 2.24) is 0 Å². The van der Waals surface area contributed by atoms with Gasteiger partial charge in [-0.25, -0.2) is 0 Å². The molecule has 1 aromatic rings. The number of aliphatic hydroxyl groups excluding tert-OH is 2. The van der Waals surface area contributed by atoms with Gasteiger partial charge in [-0.2, -0.15) is 0 Å². The Labute approximate surface area is 275 Å². The molecule has 6 nitrogen and oxygen atoms in total. The van der Waals surface area contributed by atoms with Crippen molar-refractivity contribution < 1.29 is 29.2 Å². The topological polar surface area (TPSA) is 88.4 Å². The van der Waals surface area contributed by atoms with Gasteiger partial charge in [-0.15, -0.1) is 0 Å². The molecule has 0 aliphatic heterocycles. The highest BCUT2D eigenvalue weighted by Crippen LogP contribution is 2.58. The molecule has 45 heavy (non-hydrogen) atoms. The summed E-state index contributed by atoms with van der Waals surface area (Å²) in [6.45, 7) is 16.7. The summed E-state index contributed by atoms with van der Waals surface area (Å²) in [5.41, 5.74) is -0.0449. The monoisotopic (exact) mass is 644 g/mol. The first-order valence-corrected chi connectivity index (χ1v) is 20.7. The number of allylic oxidation sites excluding steroid dienone is 2. The SMILES string of the molecule is CC[C@H](O)CCCC[C@@](C)(O)[C@H](O)[C@@H]1C[C@@H]2[C@@H](C=C[C@@H]3C[C@@H](O[Si](C)(C)C(C)(C)C)C[C@@H]23)[C@@H]1CCOCc1ccc(OC)cc1. The first-order valence-electron chi connectivity index (χ1n) is 17.8. The second-order valence-corrected chi connectivity index (χ2v) is 21.0. The summed E-state index contributed by atoms with van der Waals surface area (Å²) in [6, 6.07) is 8.01. The molecule has 0 unspecified atom stereocenters. The van der Waals surface area contributed by atoms with Gasteiger partial charge in [0.15, 0.2) is 8.32 Å². The lowest BCUT2D eigenvalue weighted by Gasteiger charge is -2.38. The Balaban J connectivity index is 1.45. The highest BCUT2D eigenvalue weighted by atomic mass is 28.4. The van der Waals surface area contributed by atoms with E-state index in [1.54, 1.807) is 7.11 Å². The van der Waals surface area contributed by atoms with E-state index in [0.29, 0.717) is 49.4 Å². The number of hydrogen-bond acceptors (Lipinski definition) is 6. The van der Waals surface area contributed by atoms with Gasteiger partial charge in [0.25, 0.3) is 0 Å². The predicted octanol–water partition coefficient (Wildman–Crippen LogP) is 7.90. The van der Waals surface area contributed by atoms with Gasteiger partial charge >= 0.3 is 0 Å². The van der Waals surface area contributed by atoms with Crippen molar-refractivity contribution in [3.8, 4) is 5.75 Å². The Hall–Kier alpha value is -1.22. The minimum absolute atomic E-state index is 0.0181. The van der Waals surface area contributed by atoms with E-state index in [-0.39, 0.29) is 23.0 Å². The van der Waals surface area contributed by atoms with Crippen molar-refractivity contribution in [1.29, 1.82) is 0 Å². The lowest BCUT2D eigenvalue weighted by molar-refractivity contribution is -0.105. The molecule has 3 aliphatic rings. The molecule has 2 fully saturated rings. The standard InChI is InChI=1S/C38H64O6Si/c1-9-28(39)12-10-11-20-38(5,41)36(40)35-24-34-31(32(35)19-21-43-25-26-13-16-29(42-6)17-14-26)18-15-27-22-30(23-33(27)34)44-45(7,8)37(2,3)4/h13-18,27-28,30-36,39-41H,9-12,19-25H2,1-8H3/t27-,28+,30-,31+,32+,33-,34-,35-,36-,38-/m1/s1. The van der Waals surface area contributed by atoms with Crippen LogP contribution in [0.4, 0.5) is 0 Å². The fraction of sp³-hybridized carbons (Fsp3) is 0.789. The molecule has 4 rings (SSSR count). The minimum atomic E-state index is -1.86. The number of benzene rings is 1. The van der Waals surface area contributed by atoms with Crippen LogP contribution in [0, 0.1) is 35.5 Å². The largest absolute Gasteiger partial charge is 0.497 e. The number of fused-ring (bicyclic) bond motifs is 3. The van der Waals surface area contributed by atoms with E-state index in [9.17, 15) is 15.3 Å². The van der Waals surface area contributed by atoms with Crippen molar-refractivity contribution in [3.63, 3.8) is 0 Å². The molecule has 3 N–H and O–H groups in total. The first-order chi connectivity index (χ1) is 21.2. The quantitative estimate of drug-likeness (QED) is 0.0964. The van der Waals surface area contributed by atoms with Crippen LogP contribution >= 0.6 is 0 Å². The summed E-state index contributed by atoms with van der Waals surface area (Å²) in [7, 11) is -0.180. The Morgan fingerprint density at radius 1 is 0.956 bits per heavy atom. The average molecular weight is 645 g/mol. The van der Waals surface area contributed by atoms with Crippen molar-refractivity contribution >= 4 is 8.32 Å². The zero-order valence-corrected chi connectivity index (χ0v) is 30.5. The molecule has 0 aromatic heterocycles. The molecular weight excluding hydrogens is 580 g/mol. The number of methoxy groups -OCH3 is 1. The van der Waals surface area contributed by atoms with Crippen molar-refractivity contribution in [2.75, 3.05) is 13.7 Å². The third kappa shape index (κ3) is 9.02. The maximum atomic E-state index is 11.9. The van der Waals surface area contributed by atoms with Crippen LogP contribution in [0.15, 0.2) is 36.4 Å². The molecule has 7 heteroatoms. The molecule has 2 saturated carbocycles. The van der Waals surface area contributed by atoms with E-state index < -0.39 is 20.0 Å². The molecule has 0 heterocycles. The van der Waals surface area contributed by atoms with Gasteiger partial charge < -0.3 is 29.2 Å². The summed E-state index contributed by atoms with van der Waals surface area (Å²) >= 11 is 0. The molecule has 0 saturated heterocycles. The second-order valence-electron chi connectivity index (χ2n) is 16.3. The summed E-state index contributed by atoms with van der Waals surface area (Å²) in [6.07, 6.45) is 11.9. The Bertz CT molecular complexity index is 1080. The van der Waals surface area contributed by atoms with Crippen LogP contribution in [0.1, 0.15) is 98.0 Å². The van der Waals surface area contributed by atoms with E-state index in [4.69, 9.17) is 13.9 Å². The number of unbranched alkanes of at least 4 members (excludes halogenated alkanes) is 1. The molecule has 256 valence electrons. The minimum Gasteiger partial charge on any atom is -0.497 e. The van der Waals surface area contributed by atoms with Crippen LogP contribution in [0.25, 0.3) is 0 Å². The summed E-state index contributed by atoms with van der Waals surface area (Å²) in [4.78, 5) is 0. The van der Waals surface area contributed by atoms with Crippen LogP contribution in [0.3, 0.4) is 0 Å². The molecule has 10 atom stereocenters. The van der Waals surface area contributed by atoms with E-state index in [0.717, 1.165) is 62.7 Å². The highest BCUT2D eigenvalue weighted by Gasteiger charge is 2.55. The van der Waals surface area contributed by atoms with Crippen LogP contribution in [0.2, 0.25) is 18.1 Å². The molecule has 0 spiro atoms. The van der Waals surface area contributed by atoms with Gasteiger partial charge in [-0.3, -0.25) is 0 Å². The van der Waals surface area contributed by atoms with Gasteiger partial charge in [0.2, 0.25) is 0 Å². The van der Waals surface area contributed by atoms with Crippen LogP contribution in [-0.4, -0.2) is 61.3 Å². The molecule has 3 aliphatic carbocycles. The first kappa shape index (κ1) is 36.6. The second kappa shape index (κ2) is 15.3. The number of hydrogen-bond donors (Lipinski definition) is 3. The van der Waals surface area contributed by atoms with Gasteiger partial charge in [-0.1, -0.05) is 64.8 Å². The summed E-state index contributed by atoms with van der Waals surface area (Å²) in [5, 5.41) is 33.7. The fourth-order valence-corrected chi connectivity index (χ4v) is 9.68. The Kier molecular flexibility index (Phi) is 12.5. The smallest absolute Gasteiger partial charge is 0.192 e. The average Bonchev–Trinajstić information content (AvgIpc) is 3.57. The zero-order chi connectivity index (χ0) is 33.0. The predicted molar refractivity (Wildman–Crippen MR) is 185 cm³/mol. The molecule has 0 bridgehead atoms. The van der Waals surface area contributed by atoms with Crippen molar-refractivity contribution in [3.05, 3.63) is 42.0 Å². The lowest BCUT2D eigenvalue weighted by atomic mass is 9.71. The summed E-state index contributed by atoms with van der Waals surface area (Å²) < 4.78 is 18.4. The number of rotatable bonds is 16. The van der Waals surface area contributed by atoms with Crippen LogP contribution < -0.4 is 4.74 Å². The molecule has 1 aromatic carbocycles. The zero-order valence-electron chi connectivity index (χ0n) is 29.5. The maximum absolute atomic E-state index is 11.9. The summed E-state index contributed by atoms with van der Waals surface area (Å²) in [5.74, 6) is 3.10. The Morgan fingerprint density at radius 3 is 2.31 bits per heavy atom. The van der Waals surface area contributed by atoms with Crippen LogP contribution in [0.5, 0.6) is 5.75 Å². The van der Waals surface area contributed by atoms with Crippen molar-refractivity contribution in [2.45, 2.75) is 141 Å².